The molecule has 0 aliphatic heterocycles. The molecule has 6 nitrogen and oxygen atoms in total. The van der Waals surface area contributed by atoms with E-state index in [-0.39, 0.29) is 23.3 Å². The molecule has 0 bridgehead atoms. The number of fused-ring (bicyclic) bond motifs is 1. The van der Waals surface area contributed by atoms with Crippen LogP contribution in [0, 0.1) is 17.2 Å². The van der Waals surface area contributed by atoms with Crippen LogP contribution in [-0.2, 0) is 4.79 Å². The van der Waals surface area contributed by atoms with E-state index in [0.29, 0.717) is 11.5 Å². The second kappa shape index (κ2) is 7.12. The first-order chi connectivity index (χ1) is 13.6. The van der Waals surface area contributed by atoms with Crippen molar-refractivity contribution in [3.05, 3.63) is 77.3 Å². The van der Waals surface area contributed by atoms with Crippen LogP contribution in [0.2, 0.25) is 0 Å². The Kier molecular flexibility index (Phi) is 4.50. The first-order valence-corrected chi connectivity index (χ1v) is 9.09. The summed E-state index contributed by atoms with van der Waals surface area (Å²) in [5, 5.41) is 13.7. The molecule has 2 N–H and O–H groups in total. The summed E-state index contributed by atoms with van der Waals surface area (Å²) in [7, 11) is 0. The quantitative estimate of drug-likeness (QED) is 0.542. The topological polar surface area (TPSA) is 93.9 Å². The van der Waals surface area contributed by atoms with Crippen molar-refractivity contribution in [2.45, 2.75) is 19.8 Å². The third-order valence-corrected chi connectivity index (χ3v) is 5.26. The normalized spacial score (nSPS) is 19.9. The summed E-state index contributed by atoms with van der Waals surface area (Å²) in [6, 6.07) is 19.3. The van der Waals surface area contributed by atoms with Crippen molar-refractivity contribution >= 4 is 22.5 Å². The molecule has 1 aromatic heterocycles. The molecular formula is C22H19N5O. The molecule has 3 aromatic rings. The van der Waals surface area contributed by atoms with Crippen molar-refractivity contribution in [3.8, 4) is 6.07 Å². The Balaban J connectivity index is 1.62. The molecule has 1 aliphatic rings. The maximum atomic E-state index is 13.0. The van der Waals surface area contributed by atoms with Crippen LogP contribution in [0.4, 0.5) is 0 Å². The van der Waals surface area contributed by atoms with Gasteiger partial charge in [-0.25, -0.2) is 4.98 Å². The monoisotopic (exact) mass is 369 g/mol. The SMILES string of the molecule is CC1=C(N/N=C(\C#N)c2nc3ccccc3[nH]2)C(=O)C(c2ccccc2)C1C. The summed E-state index contributed by atoms with van der Waals surface area (Å²) in [5.74, 6) is 0.175. The first-order valence-electron chi connectivity index (χ1n) is 9.09. The van der Waals surface area contributed by atoms with Gasteiger partial charge in [0, 0.05) is 0 Å². The van der Waals surface area contributed by atoms with E-state index < -0.39 is 0 Å². The van der Waals surface area contributed by atoms with Crippen molar-refractivity contribution in [2.75, 3.05) is 0 Å². The third kappa shape index (κ3) is 2.97. The molecule has 2 aromatic carbocycles. The number of aromatic nitrogens is 2. The Morgan fingerprint density at radius 3 is 2.61 bits per heavy atom. The van der Waals surface area contributed by atoms with Gasteiger partial charge in [-0.1, -0.05) is 49.4 Å². The molecule has 0 amide bonds. The van der Waals surface area contributed by atoms with Crippen LogP contribution in [0.15, 0.2) is 71.0 Å². The fourth-order valence-corrected chi connectivity index (χ4v) is 3.61. The zero-order valence-corrected chi connectivity index (χ0v) is 15.6. The Morgan fingerprint density at radius 2 is 1.89 bits per heavy atom. The Bertz CT molecular complexity index is 1120. The molecule has 0 radical (unpaired) electrons. The minimum atomic E-state index is -0.240. The van der Waals surface area contributed by atoms with Gasteiger partial charge in [-0.15, -0.1) is 0 Å². The fraction of sp³-hybridized carbons (Fsp3) is 0.182. The number of hydrogen-bond acceptors (Lipinski definition) is 5. The van der Waals surface area contributed by atoms with Gasteiger partial charge in [-0.3, -0.25) is 10.2 Å². The average molecular weight is 369 g/mol. The van der Waals surface area contributed by atoms with E-state index in [1.54, 1.807) is 0 Å². The van der Waals surface area contributed by atoms with Gasteiger partial charge in [0.1, 0.15) is 6.07 Å². The molecule has 0 saturated heterocycles. The average Bonchev–Trinajstić information content (AvgIpc) is 3.23. The number of imidazole rings is 1. The van der Waals surface area contributed by atoms with E-state index in [1.807, 2.05) is 74.5 Å². The zero-order chi connectivity index (χ0) is 19.7. The summed E-state index contributed by atoms with van der Waals surface area (Å²) < 4.78 is 0. The highest BCUT2D eigenvalue weighted by atomic mass is 16.1. The van der Waals surface area contributed by atoms with Gasteiger partial charge < -0.3 is 4.98 Å². The van der Waals surface area contributed by atoms with E-state index in [9.17, 15) is 10.1 Å². The number of aromatic amines is 1. The number of carbonyl (C=O) groups is 1. The minimum Gasteiger partial charge on any atom is -0.336 e. The van der Waals surface area contributed by atoms with Crippen LogP contribution in [0.1, 0.15) is 31.2 Å². The van der Waals surface area contributed by atoms with Crippen LogP contribution >= 0.6 is 0 Å². The lowest BCUT2D eigenvalue weighted by atomic mass is 9.87. The van der Waals surface area contributed by atoms with Gasteiger partial charge in [0.05, 0.1) is 22.6 Å². The number of benzene rings is 2. The highest BCUT2D eigenvalue weighted by Gasteiger charge is 2.38. The number of rotatable bonds is 4. The molecular weight excluding hydrogens is 350 g/mol. The number of Topliss-reactive ketones (excluding diaryl/α,β-unsaturated/α-hetero) is 1. The molecule has 2 unspecified atom stereocenters. The fourth-order valence-electron chi connectivity index (χ4n) is 3.61. The number of hydrazone groups is 1. The maximum absolute atomic E-state index is 13.0. The number of para-hydroxylation sites is 2. The minimum absolute atomic E-state index is 0.0122. The largest absolute Gasteiger partial charge is 0.336 e. The molecule has 28 heavy (non-hydrogen) atoms. The smallest absolute Gasteiger partial charge is 0.203 e. The molecule has 138 valence electrons. The van der Waals surface area contributed by atoms with Crippen LogP contribution in [-0.4, -0.2) is 21.5 Å². The summed E-state index contributed by atoms with van der Waals surface area (Å²) in [6.45, 7) is 3.96. The molecule has 0 saturated carbocycles. The first kappa shape index (κ1) is 17.7. The van der Waals surface area contributed by atoms with Crippen molar-refractivity contribution in [3.63, 3.8) is 0 Å². The number of hydrogen-bond donors (Lipinski definition) is 2. The molecule has 1 heterocycles. The number of H-pyrrole nitrogens is 1. The number of nitrogens with one attached hydrogen (secondary N) is 2. The number of carbonyl (C=O) groups excluding carboxylic acids is 1. The molecule has 0 fully saturated rings. The number of nitrogens with zero attached hydrogens (tertiary/aromatic N) is 3. The van der Waals surface area contributed by atoms with Gasteiger partial charge in [-0.2, -0.15) is 10.4 Å². The van der Waals surface area contributed by atoms with E-state index in [4.69, 9.17) is 0 Å². The van der Waals surface area contributed by atoms with Gasteiger partial charge >= 0.3 is 0 Å². The summed E-state index contributed by atoms with van der Waals surface area (Å²) >= 11 is 0. The van der Waals surface area contributed by atoms with Crippen molar-refractivity contribution in [1.82, 2.24) is 15.4 Å². The van der Waals surface area contributed by atoms with E-state index in [1.165, 1.54) is 0 Å². The van der Waals surface area contributed by atoms with Crippen LogP contribution < -0.4 is 5.43 Å². The summed E-state index contributed by atoms with van der Waals surface area (Å²) in [4.78, 5) is 20.5. The van der Waals surface area contributed by atoms with E-state index in [0.717, 1.165) is 22.2 Å². The van der Waals surface area contributed by atoms with Crippen molar-refractivity contribution in [1.29, 1.82) is 5.26 Å². The highest BCUT2D eigenvalue weighted by Crippen LogP contribution is 2.39. The predicted molar refractivity (Wildman–Crippen MR) is 107 cm³/mol. The van der Waals surface area contributed by atoms with Crippen LogP contribution in [0.5, 0.6) is 0 Å². The van der Waals surface area contributed by atoms with Gasteiger partial charge in [0.25, 0.3) is 0 Å². The third-order valence-electron chi connectivity index (χ3n) is 5.26. The van der Waals surface area contributed by atoms with Crippen molar-refractivity contribution < 1.29 is 4.79 Å². The van der Waals surface area contributed by atoms with Gasteiger partial charge in [0.15, 0.2) is 11.6 Å². The lowest BCUT2D eigenvalue weighted by Gasteiger charge is -2.15. The predicted octanol–water partition coefficient (Wildman–Crippen LogP) is 3.66. The number of nitriles is 1. The number of allylic oxidation sites excluding steroid dienone is 2. The Labute approximate surface area is 162 Å². The molecule has 0 spiro atoms. The van der Waals surface area contributed by atoms with Crippen LogP contribution in [0.25, 0.3) is 11.0 Å². The van der Waals surface area contributed by atoms with Crippen molar-refractivity contribution in [2.24, 2.45) is 11.0 Å². The number of ketones is 1. The highest BCUT2D eigenvalue weighted by molar-refractivity contribution is 6.11. The molecule has 4 rings (SSSR count). The van der Waals surface area contributed by atoms with Crippen LogP contribution in [0.3, 0.4) is 0 Å². The van der Waals surface area contributed by atoms with Gasteiger partial charge in [-0.05, 0) is 36.1 Å². The molecule has 1 aliphatic carbocycles. The maximum Gasteiger partial charge on any atom is 0.203 e. The van der Waals surface area contributed by atoms with Gasteiger partial charge in [0.2, 0.25) is 5.71 Å². The lowest BCUT2D eigenvalue weighted by molar-refractivity contribution is -0.117. The van der Waals surface area contributed by atoms with E-state index >= 15 is 0 Å². The summed E-state index contributed by atoms with van der Waals surface area (Å²) in [5.41, 5.74) is 6.89. The molecule has 2 atom stereocenters. The Morgan fingerprint density at radius 1 is 1.18 bits per heavy atom. The second-order valence-electron chi connectivity index (χ2n) is 6.89. The zero-order valence-electron chi connectivity index (χ0n) is 15.6. The lowest BCUT2D eigenvalue weighted by Crippen LogP contribution is -2.20. The van der Waals surface area contributed by atoms with E-state index in [2.05, 4.69) is 20.5 Å². The molecule has 6 heteroatoms. The second-order valence-corrected chi connectivity index (χ2v) is 6.89. The summed E-state index contributed by atoms with van der Waals surface area (Å²) in [6.07, 6.45) is 0. The Hall–Kier alpha value is -3.72. The standard InChI is InChI=1S/C22H19N5O/c1-13-14(2)20(21(28)19(13)15-8-4-3-5-9-15)27-26-18(12-23)22-24-16-10-6-7-11-17(16)25-22/h3-11,13,19,27H,1-2H3,(H,24,25)/b26-18+.